The van der Waals surface area contributed by atoms with Crippen LogP contribution in [-0.2, 0) is 4.79 Å². The van der Waals surface area contributed by atoms with Gasteiger partial charge in [-0.3, -0.25) is 4.79 Å². The molecule has 0 bridgehead atoms. The highest BCUT2D eigenvalue weighted by atomic mass is 16.5. The standard InChI is InChI=1S/C12H15NO4/c1-8-4-5-9(6-10(8)12(15)16)17-7-11(14)13(2)3/h4-6H,7H2,1-3H3,(H,15,16). The Kier molecular flexibility index (Phi) is 4.09. The molecule has 0 atom stereocenters. The molecule has 0 radical (unpaired) electrons. The average Bonchev–Trinajstić information content (AvgIpc) is 2.26. The minimum Gasteiger partial charge on any atom is -0.484 e. The molecule has 1 aromatic rings. The molecule has 0 unspecified atom stereocenters. The van der Waals surface area contributed by atoms with E-state index in [9.17, 15) is 9.59 Å². The summed E-state index contributed by atoms with van der Waals surface area (Å²) in [6.45, 7) is 1.60. The zero-order chi connectivity index (χ0) is 13.0. The first-order valence-electron chi connectivity index (χ1n) is 5.08. The lowest BCUT2D eigenvalue weighted by molar-refractivity contribution is -0.130. The molecule has 0 aromatic heterocycles. The quantitative estimate of drug-likeness (QED) is 0.853. The fraction of sp³-hybridized carbons (Fsp3) is 0.333. The van der Waals surface area contributed by atoms with Crippen molar-refractivity contribution in [3.63, 3.8) is 0 Å². The smallest absolute Gasteiger partial charge is 0.336 e. The van der Waals surface area contributed by atoms with Crippen LogP contribution in [0.25, 0.3) is 0 Å². The second kappa shape index (κ2) is 5.34. The number of hydrogen-bond acceptors (Lipinski definition) is 3. The zero-order valence-electron chi connectivity index (χ0n) is 10.1. The molecule has 0 fully saturated rings. The molecule has 1 N–H and O–H groups in total. The van der Waals surface area contributed by atoms with Crippen molar-refractivity contribution in [2.45, 2.75) is 6.92 Å². The summed E-state index contributed by atoms with van der Waals surface area (Å²) in [6, 6.07) is 4.71. The Hall–Kier alpha value is -2.04. The summed E-state index contributed by atoms with van der Waals surface area (Å²) in [5.74, 6) is -0.808. The van der Waals surface area contributed by atoms with Crippen LogP contribution in [-0.4, -0.2) is 42.6 Å². The van der Waals surface area contributed by atoms with Crippen molar-refractivity contribution in [2.75, 3.05) is 20.7 Å². The number of rotatable bonds is 4. The zero-order valence-corrected chi connectivity index (χ0v) is 10.1. The fourth-order valence-electron chi connectivity index (χ4n) is 1.20. The predicted octanol–water partition coefficient (Wildman–Crippen LogP) is 1.16. The molecule has 5 nitrogen and oxygen atoms in total. The number of nitrogens with zero attached hydrogens (tertiary/aromatic N) is 1. The van der Waals surface area contributed by atoms with E-state index in [1.165, 1.54) is 11.0 Å². The van der Waals surface area contributed by atoms with Crippen molar-refractivity contribution in [3.8, 4) is 5.75 Å². The molecule has 0 aliphatic rings. The van der Waals surface area contributed by atoms with Crippen molar-refractivity contribution >= 4 is 11.9 Å². The molecule has 0 aliphatic carbocycles. The molecule has 0 spiro atoms. The van der Waals surface area contributed by atoms with Crippen molar-refractivity contribution < 1.29 is 19.4 Å². The molecule has 1 aromatic carbocycles. The number of carbonyl (C=O) groups is 2. The second-order valence-electron chi connectivity index (χ2n) is 3.86. The van der Waals surface area contributed by atoms with E-state index in [-0.39, 0.29) is 18.1 Å². The third-order valence-electron chi connectivity index (χ3n) is 2.30. The molecule has 17 heavy (non-hydrogen) atoms. The summed E-state index contributed by atoms with van der Waals surface area (Å²) in [4.78, 5) is 23.6. The number of carbonyl (C=O) groups excluding carboxylic acids is 1. The first-order chi connectivity index (χ1) is 7.91. The van der Waals surface area contributed by atoms with E-state index in [4.69, 9.17) is 9.84 Å². The van der Waals surface area contributed by atoms with Crippen LogP contribution in [0.1, 0.15) is 15.9 Å². The van der Waals surface area contributed by atoms with E-state index in [0.717, 1.165) is 0 Å². The average molecular weight is 237 g/mol. The molecule has 0 heterocycles. The van der Waals surface area contributed by atoms with Gasteiger partial charge in [-0.25, -0.2) is 4.79 Å². The topological polar surface area (TPSA) is 66.8 Å². The number of hydrogen-bond donors (Lipinski definition) is 1. The second-order valence-corrected chi connectivity index (χ2v) is 3.86. The SMILES string of the molecule is Cc1ccc(OCC(=O)N(C)C)cc1C(=O)O. The van der Waals surface area contributed by atoms with Crippen LogP contribution in [0.3, 0.4) is 0 Å². The normalized spacial score (nSPS) is 9.82. The Morgan fingerprint density at radius 3 is 2.53 bits per heavy atom. The monoisotopic (exact) mass is 237 g/mol. The first kappa shape index (κ1) is 13.0. The van der Waals surface area contributed by atoms with Crippen LogP contribution in [0.2, 0.25) is 0 Å². The number of aromatic carboxylic acids is 1. The summed E-state index contributed by atoms with van der Waals surface area (Å²) in [5, 5.41) is 8.93. The van der Waals surface area contributed by atoms with Gasteiger partial charge < -0.3 is 14.7 Å². The van der Waals surface area contributed by atoms with Gasteiger partial charge in [0.1, 0.15) is 5.75 Å². The summed E-state index contributed by atoms with van der Waals surface area (Å²) < 4.78 is 5.22. The van der Waals surface area contributed by atoms with Crippen molar-refractivity contribution in [3.05, 3.63) is 29.3 Å². The van der Waals surface area contributed by atoms with E-state index in [1.54, 1.807) is 33.2 Å². The van der Waals surface area contributed by atoms with Gasteiger partial charge in [-0.2, -0.15) is 0 Å². The Bertz CT molecular complexity index is 440. The van der Waals surface area contributed by atoms with Gasteiger partial charge in [-0.1, -0.05) is 6.07 Å². The van der Waals surface area contributed by atoms with E-state index in [1.807, 2.05) is 0 Å². The maximum atomic E-state index is 11.3. The van der Waals surface area contributed by atoms with Gasteiger partial charge in [0.15, 0.2) is 6.61 Å². The lowest BCUT2D eigenvalue weighted by Crippen LogP contribution is -2.27. The Labute approximate surface area is 99.6 Å². The van der Waals surface area contributed by atoms with Gasteiger partial charge in [-0.15, -0.1) is 0 Å². The minimum atomic E-state index is -1.01. The summed E-state index contributed by atoms with van der Waals surface area (Å²) in [7, 11) is 3.26. The van der Waals surface area contributed by atoms with Gasteiger partial charge >= 0.3 is 5.97 Å². The summed E-state index contributed by atoms with van der Waals surface area (Å²) >= 11 is 0. The highest BCUT2D eigenvalue weighted by Gasteiger charge is 2.10. The molecule has 1 rings (SSSR count). The Morgan fingerprint density at radius 1 is 1.35 bits per heavy atom. The highest BCUT2D eigenvalue weighted by Crippen LogP contribution is 2.17. The minimum absolute atomic E-state index is 0.102. The van der Waals surface area contributed by atoms with Crippen LogP contribution in [0.5, 0.6) is 5.75 Å². The number of aryl methyl sites for hydroxylation is 1. The number of ether oxygens (including phenoxy) is 1. The maximum absolute atomic E-state index is 11.3. The van der Waals surface area contributed by atoms with E-state index in [0.29, 0.717) is 11.3 Å². The summed E-state index contributed by atoms with van der Waals surface area (Å²) in [6.07, 6.45) is 0. The number of carboxylic acids is 1. The van der Waals surface area contributed by atoms with Crippen LogP contribution in [0, 0.1) is 6.92 Å². The molecular formula is C12H15NO4. The summed E-state index contributed by atoms with van der Waals surface area (Å²) in [5.41, 5.74) is 0.837. The first-order valence-corrected chi connectivity index (χ1v) is 5.08. The maximum Gasteiger partial charge on any atom is 0.336 e. The molecule has 5 heteroatoms. The number of benzene rings is 1. The van der Waals surface area contributed by atoms with Crippen molar-refractivity contribution in [2.24, 2.45) is 0 Å². The van der Waals surface area contributed by atoms with E-state index < -0.39 is 5.97 Å². The molecule has 0 saturated heterocycles. The molecule has 92 valence electrons. The van der Waals surface area contributed by atoms with Crippen LogP contribution < -0.4 is 4.74 Å². The molecular weight excluding hydrogens is 222 g/mol. The number of amides is 1. The largest absolute Gasteiger partial charge is 0.484 e. The van der Waals surface area contributed by atoms with Gasteiger partial charge in [0, 0.05) is 14.1 Å². The van der Waals surface area contributed by atoms with Gasteiger partial charge in [-0.05, 0) is 24.6 Å². The van der Waals surface area contributed by atoms with Gasteiger partial charge in [0.2, 0.25) is 0 Å². The third kappa shape index (κ3) is 3.48. The highest BCUT2D eigenvalue weighted by molar-refractivity contribution is 5.89. The lowest BCUT2D eigenvalue weighted by atomic mass is 10.1. The lowest BCUT2D eigenvalue weighted by Gasteiger charge is -2.12. The number of likely N-dealkylation sites (N-methyl/N-ethyl adjacent to an activating group) is 1. The third-order valence-corrected chi connectivity index (χ3v) is 2.30. The van der Waals surface area contributed by atoms with Crippen molar-refractivity contribution in [1.29, 1.82) is 0 Å². The van der Waals surface area contributed by atoms with E-state index in [2.05, 4.69) is 0 Å². The molecule has 0 aliphatic heterocycles. The van der Waals surface area contributed by atoms with Gasteiger partial charge in [0.25, 0.3) is 5.91 Å². The Morgan fingerprint density at radius 2 is 2.00 bits per heavy atom. The van der Waals surface area contributed by atoms with Gasteiger partial charge in [0.05, 0.1) is 5.56 Å². The molecule has 0 saturated carbocycles. The van der Waals surface area contributed by atoms with Crippen LogP contribution in [0.15, 0.2) is 18.2 Å². The predicted molar refractivity (Wildman–Crippen MR) is 62.3 cm³/mol. The van der Waals surface area contributed by atoms with Crippen molar-refractivity contribution in [1.82, 2.24) is 4.90 Å². The number of carboxylic acid groups (broad SMARTS) is 1. The fourth-order valence-corrected chi connectivity index (χ4v) is 1.20. The Balaban J connectivity index is 2.76. The van der Waals surface area contributed by atoms with E-state index >= 15 is 0 Å². The molecule has 1 amide bonds. The van der Waals surface area contributed by atoms with Crippen LogP contribution in [0.4, 0.5) is 0 Å². The van der Waals surface area contributed by atoms with Crippen LogP contribution >= 0.6 is 0 Å².